The summed E-state index contributed by atoms with van der Waals surface area (Å²) in [6.07, 6.45) is 6.35. The predicted molar refractivity (Wildman–Crippen MR) is 90.1 cm³/mol. The van der Waals surface area contributed by atoms with Gasteiger partial charge in [-0.2, -0.15) is 5.26 Å². The number of allylic oxidation sites excluding steroid dienone is 1. The summed E-state index contributed by atoms with van der Waals surface area (Å²) in [5.41, 5.74) is 1.70. The van der Waals surface area contributed by atoms with E-state index in [0.717, 1.165) is 5.69 Å². The van der Waals surface area contributed by atoms with E-state index in [1.165, 1.54) is 6.08 Å². The molecule has 0 aromatic heterocycles. The van der Waals surface area contributed by atoms with Crippen molar-refractivity contribution >= 4 is 11.7 Å². The van der Waals surface area contributed by atoms with Crippen molar-refractivity contribution in [1.29, 1.82) is 5.26 Å². The van der Waals surface area contributed by atoms with Crippen LogP contribution in [0.2, 0.25) is 0 Å². The Morgan fingerprint density at radius 2 is 2.12 bits per heavy atom. The van der Waals surface area contributed by atoms with Crippen molar-refractivity contribution < 1.29 is 14.5 Å². The van der Waals surface area contributed by atoms with Crippen LogP contribution in [0.1, 0.15) is 17.3 Å². The number of hydrogen-bond donors (Lipinski definition) is 0. The van der Waals surface area contributed by atoms with Gasteiger partial charge in [0.2, 0.25) is 0 Å². The molecule has 0 radical (unpaired) electrons. The average Bonchev–Trinajstić information content (AvgIpc) is 3.00. The Bertz CT molecular complexity index is 846. The molecule has 2 aliphatic rings. The number of benzene rings is 1. The van der Waals surface area contributed by atoms with E-state index in [0.29, 0.717) is 17.7 Å². The molecule has 0 fully saturated rings. The molecule has 1 aliphatic heterocycles. The molecule has 0 spiro atoms. The molecule has 7 heteroatoms. The number of fused-ring (bicyclic) bond motifs is 1. The van der Waals surface area contributed by atoms with Gasteiger partial charge in [-0.25, -0.2) is 4.79 Å². The molecule has 1 aromatic carbocycles. The quantitative estimate of drug-likeness (QED) is 0.476. The number of nitrogens with zero attached hydrogens (tertiary/aromatic N) is 3. The number of anilines is 1. The van der Waals surface area contributed by atoms with Gasteiger partial charge in [-0.3, -0.25) is 10.1 Å². The van der Waals surface area contributed by atoms with E-state index in [9.17, 15) is 20.2 Å². The molecule has 7 nitrogen and oxygen atoms in total. The van der Waals surface area contributed by atoms with Crippen molar-refractivity contribution in [3.63, 3.8) is 0 Å². The maximum Gasteiger partial charge on any atom is 0.338 e. The van der Waals surface area contributed by atoms with E-state index in [1.807, 2.05) is 4.90 Å². The second-order valence-corrected chi connectivity index (χ2v) is 5.59. The van der Waals surface area contributed by atoms with Gasteiger partial charge in [0.25, 0.3) is 5.70 Å². The highest BCUT2D eigenvalue weighted by atomic mass is 16.6. The molecule has 0 saturated heterocycles. The van der Waals surface area contributed by atoms with E-state index in [1.54, 1.807) is 49.5 Å². The summed E-state index contributed by atoms with van der Waals surface area (Å²) < 4.78 is 4.95. The lowest BCUT2D eigenvalue weighted by atomic mass is 9.90. The fraction of sp³-hybridized carbons (Fsp3) is 0.222. The maximum absolute atomic E-state index is 11.7. The summed E-state index contributed by atoms with van der Waals surface area (Å²) >= 11 is 0. The minimum absolute atomic E-state index is 0.00184. The van der Waals surface area contributed by atoms with Crippen molar-refractivity contribution in [3.05, 3.63) is 75.6 Å². The smallest absolute Gasteiger partial charge is 0.338 e. The second kappa shape index (κ2) is 6.61. The van der Waals surface area contributed by atoms with Crippen LogP contribution in [0.25, 0.3) is 0 Å². The highest BCUT2D eigenvalue weighted by Crippen LogP contribution is 2.37. The van der Waals surface area contributed by atoms with Crippen molar-refractivity contribution in [2.45, 2.75) is 13.0 Å². The molecule has 2 unspecified atom stereocenters. The molecule has 0 saturated carbocycles. The molecule has 3 rings (SSSR count). The van der Waals surface area contributed by atoms with Gasteiger partial charge in [0, 0.05) is 30.0 Å². The topological polar surface area (TPSA) is 96.5 Å². The van der Waals surface area contributed by atoms with E-state index in [4.69, 9.17) is 4.74 Å². The van der Waals surface area contributed by atoms with Crippen LogP contribution in [0, 0.1) is 27.4 Å². The highest BCUT2D eigenvalue weighted by molar-refractivity contribution is 5.89. The first-order valence-electron chi connectivity index (χ1n) is 7.77. The SMILES string of the molecule is CCOC(=O)c1ccc(N2C=C(C#N)C3C=CC([N+](=O)[O-])=CC32)cc1. The zero-order valence-electron chi connectivity index (χ0n) is 13.5. The zero-order valence-corrected chi connectivity index (χ0v) is 13.5. The Labute approximate surface area is 144 Å². The van der Waals surface area contributed by atoms with Gasteiger partial charge in [-0.15, -0.1) is 0 Å². The molecule has 2 atom stereocenters. The van der Waals surface area contributed by atoms with Crippen LogP contribution in [0.4, 0.5) is 5.69 Å². The van der Waals surface area contributed by atoms with Gasteiger partial charge < -0.3 is 9.64 Å². The number of ether oxygens (including phenoxy) is 1. The lowest BCUT2D eigenvalue weighted by molar-refractivity contribution is -0.419. The monoisotopic (exact) mass is 337 g/mol. The molecule has 0 bridgehead atoms. The van der Waals surface area contributed by atoms with Crippen LogP contribution in [0.5, 0.6) is 0 Å². The van der Waals surface area contributed by atoms with Gasteiger partial charge in [-0.1, -0.05) is 6.08 Å². The minimum Gasteiger partial charge on any atom is -0.462 e. The van der Waals surface area contributed by atoms with Crippen LogP contribution in [-0.2, 0) is 4.74 Å². The third-order valence-corrected chi connectivity index (χ3v) is 4.16. The van der Waals surface area contributed by atoms with Crippen LogP contribution in [0.3, 0.4) is 0 Å². The van der Waals surface area contributed by atoms with E-state index < -0.39 is 10.9 Å². The fourth-order valence-corrected chi connectivity index (χ4v) is 2.97. The van der Waals surface area contributed by atoms with Crippen molar-refractivity contribution in [3.8, 4) is 6.07 Å². The lowest BCUT2D eigenvalue weighted by Crippen LogP contribution is -2.32. The summed E-state index contributed by atoms with van der Waals surface area (Å²) in [5.74, 6) is -0.629. The van der Waals surface area contributed by atoms with Gasteiger partial charge in [-0.05, 0) is 31.2 Å². The van der Waals surface area contributed by atoms with E-state index >= 15 is 0 Å². The Kier molecular flexibility index (Phi) is 4.35. The highest BCUT2D eigenvalue weighted by Gasteiger charge is 2.37. The van der Waals surface area contributed by atoms with E-state index in [2.05, 4.69) is 6.07 Å². The average molecular weight is 337 g/mol. The third kappa shape index (κ3) is 3.02. The molecule has 0 N–H and O–H groups in total. The molecule has 1 aliphatic carbocycles. The molecule has 1 aromatic rings. The Balaban J connectivity index is 1.92. The van der Waals surface area contributed by atoms with Gasteiger partial charge in [0.15, 0.2) is 0 Å². The molecular weight excluding hydrogens is 322 g/mol. The minimum atomic E-state index is -0.445. The summed E-state index contributed by atoms with van der Waals surface area (Å²) in [6.45, 7) is 2.03. The molecular formula is C18H15N3O4. The maximum atomic E-state index is 11.7. The second-order valence-electron chi connectivity index (χ2n) is 5.59. The number of esters is 1. The largest absolute Gasteiger partial charge is 0.462 e. The first kappa shape index (κ1) is 16.5. The van der Waals surface area contributed by atoms with Crippen LogP contribution >= 0.6 is 0 Å². The Morgan fingerprint density at radius 1 is 1.40 bits per heavy atom. The summed E-state index contributed by atoms with van der Waals surface area (Å²) in [7, 11) is 0. The lowest BCUT2D eigenvalue weighted by Gasteiger charge is -2.27. The number of rotatable bonds is 4. The van der Waals surface area contributed by atoms with E-state index in [-0.39, 0.29) is 17.7 Å². The molecule has 25 heavy (non-hydrogen) atoms. The summed E-state index contributed by atoms with van der Waals surface area (Å²) in [4.78, 5) is 24.2. The predicted octanol–water partition coefficient (Wildman–Crippen LogP) is 2.81. The van der Waals surface area contributed by atoms with Gasteiger partial charge in [0.1, 0.15) is 0 Å². The first-order chi connectivity index (χ1) is 12.0. The zero-order chi connectivity index (χ0) is 18.0. The van der Waals surface area contributed by atoms with Crippen LogP contribution in [0.15, 0.2) is 60.0 Å². The van der Waals surface area contributed by atoms with Gasteiger partial charge in [0.05, 0.1) is 34.8 Å². The van der Waals surface area contributed by atoms with Crippen molar-refractivity contribution in [2.75, 3.05) is 11.5 Å². The Hall–Kier alpha value is -3.40. The third-order valence-electron chi connectivity index (χ3n) is 4.16. The Morgan fingerprint density at radius 3 is 2.72 bits per heavy atom. The molecule has 0 amide bonds. The first-order valence-corrected chi connectivity index (χ1v) is 7.77. The number of hydrogen-bond acceptors (Lipinski definition) is 6. The van der Waals surface area contributed by atoms with Crippen LogP contribution < -0.4 is 4.90 Å². The van der Waals surface area contributed by atoms with Crippen LogP contribution in [-0.4, -0.2) is 23.5 Å². The normalized spacial score (nSPS) is 21.0. The van der Waals surface area contributed by atoms with Crippen molar-refractivity contribution in [2.24, 2.45) is 5.92 Å². The van der Waals surface area contributed by atoms with Gasteiger partial charge >= 0.3 is 5.97 Å². The van der Waals surface area contributed by atoms with Crippen molar-refractivity contribution in [1.82, 2.24) is 0 Å². The fourth-order valence-electron chi connectivity index (χ4n) is 2.97. The standard InChI is InChI=1S/C18H15N3O4/c1-2-25-18(22)12-3-5-14(6-4-12)20-11-13(10-19)16-8-7-15(21(23)24)9-17(16)20/h3-9,11,16-17H,2H2,1H3. The number of carbonyl (C=O) groups excluding carboxylic acids is 1. The summed E-state index contributed by atoms with van der Waals surface area (Å²) in [5, 5.41) is 20.4. The summed E-state index contributed by atoms with van der Waals surface area (Å²) in [6, 6.07) is 8.55. The number of nitriles is 1. The number of nitro groups is 1. The molecule has 126 valence electrons. The molecule has 1 heterocycles. The number of carbonyl (C=O) groups is 1.